The lowest BCUT2D eigenvalue weighted by molar-refractivity contribution is -0.929. The Bertz CT molecular complexity index is 1130. The summed E-state index contributed by atoms with van der Waals surface area (Å²) in [5.74, 6) is 1.34. The van der Waals surface area contributed by atoms with E-state index in [1.54, 1.807) is 0 Å². The molecule has 1 N–H and O–H groups in total. The Hall–Kier alpha value is -0.870. The lowest BCUT2D eigenvalue weighted by Crippen LogP contribution is -2.50. The number of nitriles is 1. The zero-order valence-electron chi connectivity index (χ0n) is 83.3. The first-order chi connectivity index (χ1) is 53.2. The summed E-state index contributed by atoms with van der Waals surface area (Å²) in [6.45, 7) is 77.4. The van der Waals surface area contributed by atoms with Crippen LogP contribution in [0.3, 0.4) is 0 Å². The SMILES string of the molecule is C.C.C.C.C.CCCC.CCCC.CCCCC.CCCCC.CCCCC.CCCCCC.CCCCCC.CCCCCC#N.CCCCO.CCCC[N+](C)(C)C.CCCC[N+](CCCC)(CCCC)CCCC.CCCOCCC(CCOCCC)CCOCCC.CCCOCCC(CCOCCC)CCOCCC. The lowest BCUT2D eigenvalue weighted by Gasteiger charge is -2.39. The van der Waals surface area contributed by atoms with Gasteiger partial charge in [-0.3, -0.25) is 0 Å². The second kappa shape index (κ2) is 171. The number of hydrogen-bond donors (Lipinski definition) is 1. The van der Waals surface area contributed by atoms with Crippen LogP contribution in [0.15, 0.2) is 0 Å². The first-order valence-corrected chi connectivity index (χ1v) is 49.3. The molecule has 0 aliphatic heterocycles. The molecule has 0 aromatic heterocycles. The Kier molecular flexibility index (Phi) is 235. The van der Waals surface area contributed by atoms with Crippen LogP contribution < -0.4 is 0 Å². The van der Waals surface area contributed by atoms with Gasteiger partial charge in [0, 0.05) is 92.3 Å². The molecule has 722 valence electrons. The van der Waals surface area contributed by atoms with Crippen LogP contribution in [0.4, 0.5) is 0 Å². The molecule has 0 spiro atoms. The van der Waals surface area contributed by atoms with Gasteiger partial charge in [-0.25, -0.2) is 0 Å². The van der Waals surface area contributed by atoms with Crippen molar-refractivity contribution in [3.8, 4) is 6.07 Å². The van der Waals surface area contributed by atoms with Crippen LogP contribution in [-0.2, 0) is 28.4 Å². The normalized spacial score (nSPS) is 9.77. The molecule has 0 aromatic rings. The first-order valence-electron chi connectivity index (χ1n) is 49.3. The Morgan fingerprint density at radius 1 is 0.217 bits per heavy atom. The van der Waals surface area contributed by atoms with Gasteiger partial charge in [0.25, 0.3) is 0 Å². The molecule has 10 heteroatoms. The van der Waals surface area contributed by atoms with E-state index in [9.17, 15) is 0 Å². The van der Waals surface area contributed by atoms with Crippen LogP contribution in [0.1, 0.15) is 539 Å². The largest absolute Gasteiger partial charge is 0.396 e. The summed E-state index contributed by atoms with van der Waals surface area (Å²) >= 11 is 0. The molecule has 0 aliphatic carbocycles. The van der Waals surface area contributed by atoms with Crippen molar-refractivity contribution in [2.75, 3.05) is 140 Å². The molecular formula is C105H247N3O7+2. The maximum absolute atomic E-state index is 8.07. The van der Waals surface area contributed by atoms with Crippen molar-refractivity contribution in [2.24, 2.45) is 11.8 Å². The fourth-order valence-corrected chi connectivity index (χ4v) is 9.79. The Labute approximate surface area is 740 Å². The van der Waals surface area contributed by atoms with Crippen LogP contribution in [0.5, 0.6) is 0 Å². The number of unbranched alkanes of at least 4 members (excludes halogenated alkanes) is 23. The van der Waals surface area contributed by atoms with Crippen molar-refractivity contribution in [1.82, 2.24) is 0 Å². The van der Waals surface area contributed by atoms with Crippen LogP contribution >= 0.6 is 0 Å². The average Bonchev–Trinajstić information content (AvgIpc) is 0.873. The summed E-state index contributed by atoms with van der Waals surface area (Å²) in [5, 5.41) is 16.1. The summed E-state index contributed by atoms with van der Waals surface area (Å²) in [6, 6.07) is 2.10. The highest BCUT2D eigenvalue weighted by Gasteiger charge is 2.25. The quantitative estimate of drug-likeness (QED) is 0.0475. The highest BCUT2D eigenvalue weighted by atomic mass is 16.5. The predicted octanol–water partition coefficient (Wildman–Crippen LogP) is 36.0. The maximum Gasteiger partial charge on any atom is 0.0786 e. The van der Waals surface area contributed by atoms with Crippen LogP contribution in [0.25, 0.3) is 0 Å². The van der Waals surface area contributed by atoms with E-state index in [0.29, 0.717) is 18.4 Å². The first kappa shape index (κ1) is 158. The molecule has 0 heterocycles. The van der Waals surface area contributed by atoms with Crippen molar-refractivity contribution in [3.63, 3.8) is 0 Å². The summed E-state index contributed by atoms with van der Waals surface area (Å²) in [6.07, 6.45) is 61.9. The number of aliphatic hydroxyl groups excluding tert-OH is 1. The molecule has 0 aromatic carbocycles. The third kappa shape index (κ3) is 218. The smallest absolute Gasteiger partial charge is 0.0786 e. The summed E-state index contributed by atoms with van der Waals surface area (Å²) in [5.41, 5.74) is 0. The van der Waals surface area contributed by atoms with E-state index >= 15 is 0 Å². The molecule has 0 amide bonds. The van der Waals surface area contributed by atoms with Crippen molar-refractivity contribution < 1.29 is 42.5 Å². The standard InChI is InChI=1S/C16H36N.2C16H34O3.C7H18N.C6H11N.2C6H14.3C5H12.C4H10O.2C4H10.5CH4/c1-5-9-13-17(14-10-6-2,15-11-7-3)16-12-8-4;2*1-4-10-17-13-7-16(8-14-18-11-5-2)9-15-19-12-6-3;1-5-6-7-8(2,3)4;1-2-3-4-5-6-7;2*1-3-5-6-4-2;3*1-3-5-4-2;1-2-3-4-5;2*1-3-4-2;;;;;/h5-16H2,1-4H3;2*16H,4-15H2,1-3H3;5-7H2,1-4H3;2-5H2,1H3;2*3-6H2,1-2H3;3*3-5H2,1-2H3;5H,2-4H2,1H3;2*3-4H2,1-2H3;5*1H4/q+1;;;+1;;;;;;;;;;;;;;. The average molecular weight is 1660 g/mol. The lowest BCUT2D eigenvalue weighted by atomic mass is 9.99. The second-order valence-electron chi connectivity index (χ2n) is 31.3. The van der Waals surface area contributed by atoms with Gasteiger partial charge in [0.2, 0.25) is 0 Å². The van der Waals surface area contributed by atoms with E-state index in [1.807, 2.05) is 0 Å². The minimum absolute atomic E-state index is 0. The Balaban J connectivity index is -0.0000000576. The van der Waals surface area contributed by atoms with E-state index in [1.165, 1.54) is 249 Å². The highest BCUT2D eigenvalue weighted by Crippen LogP contribution is 2.18. The van der Waals surface area contributed by atoms with Gasteiger partial charge in [0.05, 0.1) is 59.9 Å². The number of aliphatic hydroxyl groups is 1. The minimum atomic E-state index is 0. The fourth-order valence-electron chi connectivity index (χ4n) is 9.79. The number of quaternary nitrogens is 2. The number of hydrogen-bond acceptors (Lipinski definition) is 8. The van der Waals surface area contributed by atoms with Gasteiger partial charge >= 0.3 is 0 Å². The van der Waals surface area contributed by atoms with E-state index in [0.717, 1.165) is 186 Å². The zero-order chi connectivity index (χ0) is 86.5. The molecular weight excluding hydrogens is 1420 g/mol. The number of nitrogens with zero attached hydrogens (tertiary/aromatic N) is 3. The zero-order valence-corrected chi connectivity index (χ0v) is 83.3. The number of ether oxygens (including phenoxy) is 6. The summed E-state index contributed by atoms with van der Waals surface area (Å²) in [4.78, 5) is 0. The molecule has 115 heavy (non-hydrogen) atoms. The maximum atomic E-state index is 8.07. The van der Waals surface area contributed by atoms with Gasteiger partial charge < -0.3 is 42.5 Å². The van der Waals surface area contributed by atoms with Gasteiger partial charge in [-0.2, -0.15) is 5.26 Å². The third-order valence-electron chi connectivity index (χ3n) is 17.7. The molecule has 0 saturated heterocycles. The Morgan fingerprint density at radius 3 is 0.504 bits per heavy atom. The fraction of sp³-hybridized carbons (Fsp3) is 0.990. The topological polar surface area (TPSA) is 99.4 Å². The summed E-state index contributed by atoms with van der Waals surface area (Å²) < 4.78 is 36.0. The van der Waals surface area contributed by atoms with Gasteiger partial charge in [-0.05, 0) is 134 Å². The molecule has 0 radical (unpaired) electrons. The number of rotatable bonds is 64. The van der Waals surface area contributed by atoms with Gasteiger partial charge in [-0.1, -0.05) is 410 Å². The monoisotopic (exact) mass is 1660 g/mol. The highest BCUT2D eigenvalue weighted by molar-refractivity contribution is 4.67. The molecule has 0 bridgehead atoms. The third-order valence-corrected chi connectivity index (χ3v) is 17.7. The summed E-state index contributed by atoms with van der Waals surface area (Å²) in [7, 11) is 6.70. The van der Waals surface area contributed by atoms with E-state index < -0.39 is 0 Å². The van der Waals surface area contributed by atoms with Crippen LogP contribution in [0, 0.1) is 23.2 Å². The van der Waals surface area contributed by atoms with Crippen molar-refractivity contribution in [1.29, 1.82) is 5.26 Å². The van der Waals surface area contributed by atoms with Gasteiger partial charge in [-0.15, -0.1) is 0 Å². The molecule has 0 saturated carbocycles. The molecule has 0 unspecified atom stereocenters. The molecule has 10 nitrogen and oxygen atoms in total. The Morgan fingerprint density at radius 2 is 0.391 bits per heavy atom. The predicted molar refractivity (Wildman–Crippen MR) is 540 cm³/mol. The second-order valence-corrected chi connectivity index (χ2v) is 31.3. The van der Waals surface area contributed by atoms with Gasteiger partial charge in [0.15, 0.2) is 0 Å². The van der Waals surface area contributed by atoms with Gasteiger partial charge in [0.1, 0.15) is 0 Å². The van der Waals surface area contributed by atoms with E-state index in [-0.39, 0.29) is 37.1 Å². The van der Waals surface area contributed by atoms with Crippen molar-refractivity contribution in [3.05, 3.63) is 0 Å². The van der Waals surface area contributed by atoms with E-state index in [2.05, 4.69) is 214 Å². The molecule has 0 aliphatic rings. The van der Waals surface area contributed by atoms with Crippen molar-refractivity contribution >= 4 is 0 Å². The molecule has 0 atom stereocenters. The van der Waals surface area contributed by atoms with Crippen molar-refractivity contribution in [2.45, 2.75) is 539 Å². The van der Waals surface area contributed by atoms with Crippen LogP contribution in [0.2, 0.25) is 0 Å². The van der Waals surface area contributed by atoms with E-state index in [4.69, 9.17) is 38.8 Å². The molecule has 0 rings (SSSR count). The van der Waals surface area contributed by atoms with Crippen LogP contribution in [-0.4, -0.2) is 154 Å². The minimum Gasteiger partial charge on any atom is -0.396 e. The molecule has 0 fully saturated rings.